The summed E-state index contributed by atoms with van der Waals surface area (Å²) in [5, 5.41) is 8.74. The average Bonchev–Trinajstić information content (AvgIpc) is 3.47. The molecule has 11 nitrogen and oxygen atoms in total. The van der Waals surface area contributed by atoms with Crippen molar-refractivity contribution in [2.24, 2.45) is 7.05 Å². The summed E-state index contributed by atoms with van der Waals surface area (Å²) in [5.74, 6) is 0.678. The van der Waals surface area contributed by atoms with E-state index in [2.05, 4.69) is 26.3 Å². The van der Waals surface area contributed by atoms with Gasteiger partial charge in [-0.2, -0.15) is 0 Å². The molecule has 1 aromatic carbocycles. The van der Waals surface area contributed by atoms with E-state index in [9.17, 15) is 9.59 Å². The number of carbonyl (C=O) groups is 1. The van der Waals surface area contributed by atoms with Crippen molar-refractivity contribution < 1.29 is 9.53 Å². The number of hydrogen-bond acceptors (Lipinski definition) is 7. The van der Waals surface area contributed by atoms with Crippen LogP contribution in [0.25, 0.3) is 38.9 Å². The van der Waals surface area contributed by atoms with Gasteiger partial charge in [0, 0.05) is 43.3 Å². The summed E-state index contributed by atoms with van der Waals surface area (Å²) in [4.78, 5) is 37.3. The minimum absolute atomic E-state index is 0.0541. The van der Waals surface area contributed by atoms with Gasteiger partial charge in [-0.1, -0.05) is 11.3 Å². The first-order valence-electron chi connectivity index (χ1n) is 13.5. The average molecular weight is 541 g/mol. The number of ether oxygens (including phenoxy) is 1. The van der Waals surface area contributed by atoms with Crippen LogP contribution >= 0.6 is 0 Å². The molecule has 0 bridgehead atoms. The van der Waals surface area contributed by atoms with E-state index in [4.69, 9.17) is 4.74 Å². The summed E-state index contributed by atoms with van der Waals surface area (Å²) >= 11 is 0. The van der Waals surface area contributed by atoms with Crippen molar-refractivity contribution in [2.75, 3.05) is 13.1 Å². The van der Waals surface area contributed by atoms with Crippen molar-refractivity contribution in [1.29, 1.82) is 0 Å². The first kappa shape index (κ1) is 25.7. The van der Waals surface area contributed by atoms with Gasteiger partial charge in [0.05, 0.1) is 35.1 Å². The molecule has 6 rings (SSSR count). The van der Waals surface area contributed by atoms with Crippen molar-refractivity contribution in [3.05, 3.63) is 65.6 Å². The molecule has 1 aliphatic heterocycles. The van der Waals surface area contributed by atoms with E-state index in [0.717, 1.165) is 45.9 Å². The molecule has 1 atom stereocenters. The first-order valence-corrected chi connectivity index (χ1v) is 13.5. The molecule has 5 aromatic rings. The Kier molecular flexibility index (Phi) is 6.36. The lowest BCUT2D eigenvalue weighted by Gasteiger charge is -2.26. The van der Waals surface area contributed by atoms with Gasteiger partial charge in [-0.25, -0.2) is 19.3 Å². The molecule has 1 amide bonds. The Hall–Kier alpha value is -4.54. The van der Waals surface area contributed by atoms with E-state index < -0.39 is 5.60 Å². The van der Waals surface area contributed by atoms with Gasteiger partial charge in [0.1, 0.15) is 5.60 Å². The normalized spacial score (nSPS) is 16.4. The molecular formula is C29H32N8O3. The predicted octanol–water partition coefficient (Wildman–Crippen LogP) is 4.49. The SMILES string of the molecule is Cn1c(=O)n(C2CCCN(C(=O)OC(C)(C)C)CC2)c2c3cc(-c4ccc(-n5ccnn5)nc4)ccc3ncc21. The molecule has 0 aliphatic carbocycles. The number of nitrogens with zero attached hydrogens (tertiary/aromatic N) is 8. The maximum atomic E-state index is 13.6. The molecule has 0 N–H and O–H groups in total. The molecule has 1 saturated heterocycles. The molecule has 0 saturated carbocycles. The van der Waals surface area contributed by atoms with Gasteiger partial charge in [0.25, 0.3) is 0 Å². The number of aromatic nitrogens is 7. The van der Waals surface area contributed by atoms with Crippen molar-refractivity contribution in [2.45, 2.75) is 51.7 Å². The zero-order chi connectivity index (χ0) is 28.0. The van der Waals surface area contributed by atoms with Crippen molar-refractivity contribution >= 4 is 28.0 Å². The number of carbonyl (C=O) groups excluding carboxylic acids is 1. The summed E-state index contributed by atoms with van der Waals surface area (Å²) in [6.45, 7) is 6.75. The largest absolute Gasteiger partial charge is 0.444 e. The van der Waals surface area contributed by atoms with Gasteiger partial charge >= 0.3 is 11.8 Å². The van der Waals surface area contributed by atoms with Crippen LogP contribution in [0.2, 0.25) is 0 Å². The lowest BCUT2D eigenvalue weighted by molar-refractivity contribution is 0.0255. The van der Waals surface area contributed by atoms with Gasteiger partial charge < -0.3 is 9.64 Å². The standard InChI is InChI=1S/C29H32N8O3/c1-29(2,3)40-28(39)35-13-5-6-21(11-14-35)37-26-22-16-19(7-9-23(22)30-18-24(26)34(4)27(37)38)20-8-10-25(31-17-20)36-15-12-32-33-36/h7-10,12,15-18,21H,5-6,11,13-14H2,1-4H3. The molecule has 40 heavy (non-hydrogen) atoms. The molecule has 4 aromatic heterocycles. The Balaban J connectivity index is 1.38. The van der Waals surface area contributed by atoms with Crippen molar-refractivity contribution in [3.8, 4) is 16.9 Å². The summed E-state index contributed by atoms with van der Waals surface area (Å²) in [7, 11) is 1.79. The maximum Gasteiger partial charge on any atom is 0.410 e. The van der Waals surface area contributed by atoms with Crippen LogP contribution in [-0.4, -0.2) is 63.8 Å². The Morgan fingerprint density at radius 3 is 2.58 bits per heavy atom. The highest BCUT2D eigenvalue weighted by molar-refractivity contribution is 6.04. The second kappa shape index (κ2) is 9.89. The monoisotopic (exact) mass is 540 g/mol. The van der Waals surface area contributed by atoms with Gasteiger partial charge in [-0.05, 0) is 69.9 Å². The number of pyridine rings is 2. The number of likely N-dealkylation sites (tertiary alicyclic amines) is 1. The molecule has 1 unspecified atom stereocenters. The van der Waals surface area contributed by atoms with Gasteiger partial charge in [0.2, 0.25) is 0 Å². The highest BCUT2D eigenvalue weighted by Gasteiger charge is 2.28. The van der Waals surface area contributed by atoms with E-state index in [1.165, 1.54) is 0 Å². The number of amides is 1. The van der Waals surface area contributed by atoms with Gasteiger partial charge in [-0.3, -0.25) is 14.1 Å². The fourth-order valence-electron chi connectivity index (χ4n) is 5.41. The molecule has 11 heteroatoms. The highest BCUT2D eigenvalue weighted by atomic mass is 16.6. The van der Waals surface area contributed by atoms with E-state index >= 15 is 0 Å². The van der Waals surface area contributed by atoms with Crippen LogP contribution in [0.3, 0.4) is 0 Å². The van der Waals surface area contributed by atoms with Gasteiger partial charge in [0.15, 0.2) is 5.82 Å². The summed E-state index contributed by atoms with van der Waals surface area (Å²) in [5.41, 5.74) is 3.74. The van der Waals surface area contributed by atoms with Crippen LogP contribution in [0.4, 0.5) is 4.79 Å². The fraction of sp³-hybridized carbons (Fsp3) is 0.379. The summed E-state index contributed by atoms with van der Waals surface area (Å²) in [6.07, 6.45) is 8.86. The third kappa shape index (κ3) is 4.72. The smallest absolute Gasteiger partial charge is 0.410 e. The number of aryl methyl sites for hydroxylation is 1. The van der Waals surface area contributed by atoms with Crippen LogP contribution in [0.5, 0.6) is 0 Å². The summed E-state index contributed by atoms with van der Waals surface area (Å²) in [6, 6.07) is 9.91. The van der Waals surface area contributed by atoms with Crippen molar-refractivity contribution in [1.82, 2.24) is 39.0 Å². The number of benzene rings is 1. The van der Waals surface area contributed by atoms with Crippen LogP contribution in [-0.2, 0) is 11.8 Å². The van der Waals surface area contributed by atoms with Crippen LogP contribution in [0, 0.1) is 0 Å². The molecule has 1 fully saturated rings. The highest BCUT2D eigenvalue weighted by Crippen LogP contribution is 2.32. The maximum absolute atomic E-state index is 13.6. The molecular weight excluding hydrogens is 508 g/mol. The molecule has 1 aliphatic rings. The van der Waals surface area contributed by atoms with E-state index in [0.29, 0.717) is 25.3 Å². The number of rotatable bonds is 3. The van der Waals surface area contributed by atoms with Crippen molar-refractivity contribution in [3.63, 3.8) is 0 Å². The Morgan fingerprint density at radius 2 is 1.85 bits per heavy atom. The van der Waals surface area contributed by atoms with E-state index in [-0.39, 0.29) is 17.8 Å². The number of imidazole rings is 1. The third-order valence-electron chi connectivity index (χ3n) is 7.37. The third-order valence-corrected chi connectivity index (χ3v) is 7.37. The number of hydrogen-bond donors (Lipinski definition) is 0. The van der Waals surface area contributed by atoms with Gasteiger partial charge in [-0.15, -0.1) is 5.10 Å². The van der Waals surface area contributed by atoms with Crippen LogP contribution in [0.1, 0.15) is 46.1 Å². The van der Waals surface area contributed by atoms with Crippen LogP contribution in [0.15, 0.2) is 59.9 Å². The number of fused-ring (bicyclic) bond motifs is 3. The zero-order valence-electron chi connectivity index (χ0n) is 23.1. The quantitative estimate of drug-likeness (QED) is 0.331. The minimum Gasteiger partial charge on any atom is -0.444 e. The van der Waals surface area contributed by atoms with E-state index in [1.807, 2.05) is 49.6 Å². The first-order chi connectivity index (χ1) is 19.2. The van der Waals surface area contributed by atoms with E-state index in [1.54, 1.807) is 46.0 Å². The second-order valence-electron chi connectivity index (χ2n) is 11.2. The topological polar surface area (TPSA) is 113 Å². The Morgan fingerprint density at radius 1 is 1.02 bits per heavy atom. The lowest BCUT2D eigenvalue weighted by Crippen LogP contribution is -2.37. The Bertz CT molecular complexity index is 1750. The predicted molar refractivity (Wildman–Crippen MR) is 151 cm³/mol. The zero-order valence-corrected chi connectivity index (χ0v) is 23.1. The fourth-order valence-corrected chi connectivity index (χ4v) is 5.41. The van der Waals surface area contributed by atoms with Crippen LogP contribution < -0.4 is 5.69 Å². The molecule has 5 heterocycles. The Labute approximate surface area is 231 Å². The lowest BCUT2D eigenvalue weighted by atomic mass is 10.0. The summed E-state index contributed by atoms with van der Waals surface area (Å²) < 4.78 is 10.8. The minimum atomic E-state index is -0.550. The second-order valence-corrected chi connectivity index (χ2v) is 11.2. The molecule has 0 spiro atoms. The molecule has 206 valence electrons. The molecule has 0 radical (unpaired) electrons.